The molecule has 0 saturated heterocycles. The highest BCUT2D eigenvalue weighted by molar-refractivity contribution is 5.33. The van der Waals surface area contributed by atoms with Crippen LogP contribution < -0.4 is 4.74 Å². The summed E-state index contributed by atoms with van der Waals surface area (Å²) >= 11 is 0. The molecule has 0 spiro atoms. The fourth-order valence-corrected chi connectivity index (χ4v) is 2.17. The Balaban J connectivity index is 1.95. The van der Waals surface area contributed by atoms with Crippen LogP contribution in [-0.4, -0.2) is 6.36 Å². The lowest BCUT2D eigenvalue weighted by atomic mass is 10.0. The SMILES string of the molecule is Cc1ccc(CCCc2ccccc2OC(F)(F)F)cc1. The van der Waals surface area contributed by atoms with E-state index in [-0.39, 0.29) is 5.75 Å². The maximum absolute atomic E-state index is 12.3. The monoisotopic (exact) mass is 294 g/mol. The summed E-state index contributed by atoms with van der Waals surface area (Å²) < 4.78 is 41.0. The summed E-state index contributed by atoms with van der Waals surface area (Å²) in [6.45, 7) is 2.02. The second-order valence-corrected chi connectivity index (χ2v) is 4.99. The van der Waals surface area contributed by atoms with E-state index in [9.17, 15) is 13.2 Å². The minimum absolute atomic E-state index is 0.103. The highest BCUT2D eigenvalue weighted by Gasteiger charge is 2.31. The Morgan fingerprint density at radius 1 is 0.905 bits per heavy atom. The van der Waals surface area contributed by atoms with Gasteiger partial charge in [0.25, 0.3) is 0 Å². The van der Waals surface area contributed by atoms with Gasteiger partial charge in [0.15, 0.2) is 0 Å². The van der Waals surface area contributed by atoms with Crippen LogP contribution in [-0.2, 0) is 12.8 Å². The maximum Gasteiger partial charge on any atom is 0.573 e. The number of para-hydroxylation sites is 1. The summed E-state index contributed by atoms with van der Waals surface area (Å²) in [6.07, 6.45) is -2.48. The van der Waals surface area contributed by atoms with Gasteiger partial charge in [-0.2, -0.15) is 0 Å². The van der Waals surface area contributed by atoms with Crippen molar-refractivity contribution in [3.8, 4) is 5.75 Å². The van der Waals surface area contributed by atoms with E-state index in [4.69, 9.17) is 0 Å². The van der Waals surface area contributed by atoms with E-state index in [1.54, 1.807) is 18.2 Å². The summed E-state index contributed by atoms with van der Waals surface area (Å²) in [5.41, 5.74) is 2.97. The average molecular weight is 294 g/mol. The molecule has 0 fully saturated rings. The van der Waals surface area contributed by atoms with E-state index >= 15 is 0 Å². The van der Waals surface area contributed by atoms with Gasteiger partial charge in [-0.3, -0.25) is 0 Å². The molecule has 0 aromatic heterocycles. The van der Waals surface area contributed by atoms with Crippen LogP contribution in [0.3, 0.4) is 0 Å². The zero-order valence-corrected chi connectivity index (χ0v) is 11.8. The van der Waals surface area contributed by atoms with Gasteiger partial charge in [0.1, 0.15) is 5.75 Å². The van der Waals surface area contributed by atoms with Crippen LogP contribution in [0.4, 0.5) is 13.2 Å². The van der Waals surface area contributed by atoms with E-state index in [0.717, 1.165) is 12.8 Å². The van der Waals surface area contributed by atoms with Crippen molar-refractivity contribution in [2.75, 3.05) is 0 Å². The lowest BCUT2D eigenvalue weighted by Gasteiger charge is -2.13. The molecule has 0 amide bonds. The number of hydrogen-bond acceptors (Lipinski definition) is 1. The van der Waals surface area contributed by atoms with E-state index in [2.05, 4.69) is 4.74 Å². The fraction of sp³-hybridized carbons (Fsp3) is 0.294. The Hall–Kier alpha value is -1.97. The number of benzene rings is 2. The van der Waals surface area contributed by atoms with Gasteiger partial charge < -0.3 is 4.74 Å². The van der Waals surface area contributed by atoms with Crippen LogP contribution >= 0.6 is 0 Å². The summed E-state index contributed by atoms with van der Waals surface area (Å²) in [7, 11) is 0. The van der Waals surface area contributed by atoms with Crippen LogP contribution in [0.15, 0.2) is 48.5 Å². The lowest BCUT2D eigenvalue weighted by molar-refractivity contribution is -0.274. The molecule has 2 aromatic carbocycles. The molecule has 0 heterocycles. The average Bonchev–Trinajstić information content (AvgIpc) is 2.41. The van der Waals surface area contributed by atoms with E-state index in [1.807, 2.05) is 31.2 Å². The molecule has 0 aliphatic heterocycles. The molecule has 0 N–H and O–H groups in total. The molecule has 2 aromatic rings. The van der Waals surface area contributed by atoms with Crippen molar-refractivity contribution in [2.45, 2.75) is 32.5 Å². The fourth-order valence-electron chi connectivity index (χ4n) is 2.17. The van der Waals surface area contributed by atoms with Gasteiger partial charge in [-0.25, -0.2) is 0 Å². The third kappa shape index (κ3) is 5.14. The number of halogens is 3. The molecule has 0 unspecified atom stereocenters. The molecule has 4 heteroatoms. The molecular weight excluding hydrogens is 277 g/mol. The molecule has 0 bridgehead atoms. The lowest BCUT2D eigenvalue weighted by Crippen LogP contribution is -2.18. The third-order valence-corrected chi connectivity index (χ3v) is 3.23. The number of ether oxygens (including phenoxy) is 1. The second kappa shape index (κ2) is 6.66. The smallest absolute Gasteiger partial charge is 0.406 e. The van der Waals surface area contributed by atoms with Crippen molar-refractivity contribution in [3.63, 3.8) is 0 Å². The number of alkyl halides is 3. The van der Waals surface area contributed by atoms with Crippen LogP contribution in [0, 0.1) is 6.92 Å². The number of aryl methyl sites for hydroxylation is 3. The summed E-state index contributed by atoms with van der Waals surface area (Å²) in [5.74, 6) is -0.103. The van der Waals surface area contributed by atoms with Gasteiger partial charge in [-0.05, 0) is 43.4 Å². The Morgan fingerprint density at radius 3 is 2.24 bits per heavy atom. The van der Waals surface area contributed by atoms with Crippen LogP contribution in [0.25, 0.3) is 0 Å². The zero-order valence-electron chi connectivity index (χ0n) is 11.8. The van der Waals surface area contributed by atoms with Crippen molar-refractivity contribution in [1.29, 1.82) is 0 Å². The number of hydrogen-bond donors (Lipinski definition) is 0. The Labute approximate surface area is 122 Å². The summed E-state index contributed by atoms with van der Waals surface area (Å²) in [4.78, 5) is 0. The molecule has 0 atom stereocenters. The molecule has 0 aliphatic carbocycles. The topological polar surface area (TPSA) is 9.23 Å². The first-order valence-corrected chi connectivity index (χ1v) is 6.83. The molecule has 1 nitrogen and oxygen atoms in total. The maximum atomic E-state index is 12.3. The summed E-state index contributed by atoms with van der Waals surface area (Å²) in [5, 5.41) is 0. The van der Waals surface area contributed by atoms with Crippen molar-refractivity contribution < 1.29 is 17.9 Å². The normalized spacial score (nSPS) is 11.4. The van der Waals surface area contributed by atoms with E-state index < -0.39 is 6.36 Å². The molecule has 0 saturated carbocycles. The third-order valence-electron chi connectivity index (χ3n) is 3.23. The highest BCUT2D eigenvalue weighted by atomic mass is 19.4. The Morgan fingerprint density at radius 2 is 1.57 bits per heavy atom. The van der Waals surface area contributed by atoms with E-state index in [1.165, 1.54) is 17.2 Å². The van der Waals surface area contributed by atoms with Crippen LogP contribution in [0.5, 0.6) is 5.75 Å². The summed E-state index contributed by atoms with van der Waals surface area (Å²) in [6, 6.07) is 14.5. The van der Waals surface area contributed by atoms with Crippen molar-refractivity contribution in [1.82, 2.24) is 0 Å². The molecule has 2 rings (SSSR count). The molecular formula is C17H17F3O. The quantitative estimate of drug-likeness (QED) is 0.748. The van der Waals surface area contributed by atoms with Gasteiger partial charge in [-0.15, -0.1) is 13.2 Å². The largest absolute Gasteiger partial charge is 0.573 e. The molecule has 0 radical (unpaired) electrons. The van der Waals surface area contributed by atoms with Gasteiger partial charge in [-0.1, -0.05) is 48.0 Å². The predicted molar refractivity (Wildman–Crippen MR) is 76.3 cm³/mol. The zero-order chi connectivity index (χ0) is 15.3. The van der Waals surface area contributed by atoms with Crippen LogP contribution in [0.2, 0.25) is 0 Å². The minimum Gasteiger partial charge on any atom is -0.406 e. The Kier molecular flexibility index (Phi) is 4.89. The standard InChI is InChI=1S/C17H17F3O/c1-13-9-11-14(12-10-13)5-4-7-15-6-2-3-8-16(15)21-17(18,19)20/h2-3,6,8-12H,4-5,7H2,1H3. The number of rotatable bonds is 5. The predicted octanol–water partition coefficient (Wildman–Crippen LogP) is 5.07. The minimum atomic E-state index is -4.65. The first-order valence-electron chi connectivity index (χ1n) is 6.83. The van der Waals surface area contributed by atoms with Gasteiger partial charge in [0.2, 0.25) is 0 Å². The Bertz CT molecular complexity index is 573. The van der Waals surface area contributed by atoms with Crippen molar-refractivity contribution in [2.24, 2.45) is 0 Å². The van der Waals surface area contributed by atoms with Gasteiger partial charge in [0.05, 0.1) is 0 Å². The van der Waals surface area contributed by atoms with Crippen molar-refractivity contribution >= 4 is 0 Å². The molecule has 21 heavy (non-hydrogen) atoms. The van der Waals surface area contributed by atoms with E-state index in [0.29, 0.717) is 12.0 Å². The second-order valence-electron chi connectivity index (χ2n) is 4.99. The van der Waals surface area contributed by atoms with Crippen LogP contribution in [0.1, 0.15) is 23.1 Å². The first kappa shape index (κ1) is 15.4. The highest BCUT2D eigenvalue weighted by Crippen LogP contribution is 2.27. The van der Waals surface area contributed by atoms with Crippen molar-refractivity contribution in [3.05, 3.63) is 65.2 Å². The first-order chi connectivity index (χ1) is 9.94. The molecule has 112 valence electrons. The van der Waals surface area contributed by atoms with Gasteiger partial charge in [0, 0.05) is 0 Å². The molecule has 0 aliphatic rings. The van der Waals surface area contributed by atoms with Gasteiger partial charge >= 0.3 is 6.36 Å².